The number of hydrogen-bond acceptors (Lipinski definition) is 2. The molecule has 1 atom stereocenters. The monoisotopic (exact) mass is 160 g/mol. The van der Waals surface area contributed by atoms with Gasteiger partial charge in [-0.15, -0.1) is 0 Å². The van der Waals surface area contributed by atoms with Crippen LogP contribution in [0, 0.1) is 5.41 Å². The van der Waals surface area contributed by atoms with Crippen LogP contribution in [0.25, 0.3) is 0 Å². The summed E-state index contributed by atoms with van der Waals surface area (Å²) in [7, 11) is 1.68. The molecule has 0 aromatic rings. The summed E-state index contributed by atoms with van der Waals surface area (Å²) in [6, 6.07) is 0. The van der Waals surface area contributed by atoms with Gasteiger partial charge in [-0.25, -0.2) is 0 Å². The molecule has 11 heavy (non-hydrogen) atoms. The van der Waals surface area contributed by atoms with Gasteiger partial charge in [0.05, 0.1) is 6.10 Å². The van der Waals surface area contributed by atoms with Gasteiger partial charge in [0, 0.05) is 13.7 Å². The third-order valence-corrected chi connectivity index (χ3v) is 1.83. The molecular weight excluding hydrogens is 140 g/mol. The molecule has 0 radical (unpaired) electrons. The van der Waals surface area contributed by atoms with Crippen molar-refractivity contribution in [2.24, 2.45) is 5.41 Å². The Morgan fingerprint density at radius 1 is 1.36 bits per heavy atom. The molecule has 2 heteroatoms. The van der Waals surface area contributed by atoms with Crippen LogP contribution in [0.3, 0.4) is 0 Å². The van der Waals surface area contributed by atoms with Gasteiger partial charge in [-0.05, 0) is 18.3 Å². The van der Waals surface area contributed by atoms with E-state index in [1.165, 1.54) is 0 Å². The van der Waals surface area contributed by atoms with Crippen LogP contribution in [0.5, 0.6) is 0 Å². The normalized spacial score (nSPS) is 15.0. The zero-order valence-corrected chi connectivity index (χ0v) is 8.05. The predicted octanol–water partition coefficient (Wildman–Crippen LogP) is 1.82. The zero-order valence-electron chi connectivity index (χ0n) is 8.05. The fraction of sp³-hybridized carbons (Fsp3) is 1.00. The van der Waals surface area contributed by atoms with Crippen molar-refractivity contribution in [3.8, 4) is 0 Å². The minimum absolute atomic E-state index is 0.00768. The predicted molar refractivity (Wildman–Crippen MR) is 46.6 cm³/mol. The van der Waals surface area contributed by atoms with Crippen LogP contribution in [0.2, 0.25) is 0 Å². The Bertz CT molecular complexity index is 94.2. The van der Waals surface area contributed by atoms with Crippen LogP contribution in [-0.4, -0.2) is 24.9 Å². The summed E-state index contributed by atoms with van der Waals surface area (Å²) in [6.07, 6.45) is 1.56. The molecule has 68 valence electrons. The van der Waals surface area contributed by atoms with E-state index in [1.807, 2.05) is 20.8 Å². The van der Waals surface area contributed by atoms with E-state index in [9.17, 15) is 5.11 Å². The van der Waals surface area contributed by atoms with Gasteiger partial charge in [0.2, 0.25) is 0 Å². The highest BCUT2D eigenvalue weighted by atomic mass is 16.5. The van der Waals surface area contributed by atoms with Gasteiger partial charge in [0.25, 0.3) is 0 Å². The second-order valence-electron chi connectivity index (χ2n) is 4.02. The Labute approximate surface area is 69.6 Å². The number of rotatable bonds is 4. The summed E-state index contributed by atoms with van der Waals surface area (Å²) in [5.41, 5.74) is 0.00768. The van der Waals surface area contributed by atoms with Gasteiger partial charge in [-0.1, -0.05) is 20.8 Å². The summed E-state index contributed by atoms with van der Waals surface area (Å²) < 4.78 is 4.89. The van der Waals surface area contributed by atoms with Crippen molar-refractivity contribution in [1.82, 2.24) is 0 Å². The Balaban J connectivity index is 3.44. The van der Waals surface area contributed by atoms with Crippen LogP contribution >= 0.6 is 0 Å². The van der Waals surface area contributed by atoms with E-state index in [0.29, 0.717) is 0 Å². The molecule has 0 aromatic carbocycles. The molecule has 0 rings (SSSR count). The molecule has 0 spiro atoms. The van der Waals surface area contributed by atoms with E-state index < -0.39 is 0 Å². The van der Waals surface area contributed by atoms with E-state index in [2.05, 4.69) is 0 Å². The molecule has 0 amide bonds. The van der Waals surface area contributed by atoms with Crippen LogP contribution in [0.4, 0.5) is 0 Å². The number of hydrogen-bond donors (Lipinski definition) is 1. The third-order valence-electron chi connectivity index (χ3n) is 1.83. The van der Waals surface area contributed by atoms with Gasteiger partial charge >= 0.3 is 0 Å². The number of aliphatic hydroxyl groups is 1. The zero-order chi connectivity index (χ0) is 8.91. The van der Waals surface area contributed by atoms with Crippen molar-refractivity contribution >= 4 is 0 Å². The van der Waals surface area contributed by atoms with Gasteiger partial charge in [-0.3, -0.25) is 0 Å². The molecule has 1 N–H and O–H groups in total. The van der Waals surface area contributed by atoms with Gasteiger partial charge in [0.15, 0.2) is 0 Å². The molecule has 0 fully saturated rings. The lowest BCUT2D eigenvalue weighted by Gasteiger charge is -2.25. The van der Waals surface area contributed by atoms with Crippen LogP contribution in [0.15, 0.2) is 0 Å². The number of methoxy groups -OCH3 is 1. The molecule has 1 unspecified atom stereocenters. The fourth-order valence-electron chi connectivity index (χ4n) is 0.854. The first-order valence-electron chi connectivity index (χ1n) is 4.15. The largest absolute Gasteiger partial charge is 0.393 e. The second kappa shape index (κ2) is 4.73. The SMILES string of the molecule is COCCCC(O)C(C)(C)C. The molecule has 0 saturated heterocycles. The van der Waals surface area contributed by atoms with E-state index in [0.717, 1.165) is 19.4 Å². The lowest BCUT2D eigenvalue weighted by molar-refractivity contribution is 0.0467. The second-order valence-corrected chi connectivity index (χ2v) is 4.02. The lowest BCUT2D eigenvalue weighted by Crippen LogP contribution is -2.26. The highest BCUT2D eigenvalue weighted by Gasteiger charge is 2.20. The smallest absolute Gasteiger partial charge is 0.0589 e. The van der Waals surface area contributed by atoms with Crippen molar-refractivity contribution in [3.05, 3.63) is 0 Å². The quantitative estimate of drug-likeness (QED) is 0.636. The average molecular weight is 160 g/mol. The van der Waals surface area contributed by atoms with Crippen LogP contribution < -0.4 is 0 Å². The highest BCUT2D eigenvalue weighted by Crippen LogP contribution is 2.22. The maximum Gasteiger partial charge on any atom is 0.0589 e. The van der Waals surface area contributed by atoms with E-state index in [-0.39, 0.29) is 11.5 Å². The summed E-state index contributed by atoms with van der Waals surface area (Å²) in [4.78, 5) is 0. The summed E-state index contributed by atoms with van der Waals surface area (Å²) >= 11 is 0. The van der Waals surface area contributed by atoms with Crippen LogP contribution in [0.1, 0.15) is 33.6 Å². The summed E-state index contributed by atoms with van der Waals surface area (Å²) in [5, 5.41) is 9.56. The minimum atomic E-state index is -0.211. The molecular formula is C9H20O2. The summed E-state index contributed by atoms with van der Waals surface area (Å²) in [6.45, 7) is 6.88. The topological polar surface area (TPSA) is 29.5 Å². The van der Waals surface area contributed by atoms with Crippen molar-refractivity contribution in [1.29, 1.82) is 0 Å². The summed E-state index contributed by atoms with van der Waals surface area (Å²) in [5.74, 6) is 0. The Kier molecular flexibility index (Phi) is 4.69. The third kappa shape index (κ3) is 5.22. The Hall–Kier alpha value is -0.0800. The number of aliphatic hydroxyl groups excluding tert-OH is 1. The average Bonchev–Trinajstić information content (AvgIpc) is 1.86. The van der Waals surface area contributed by atoms with Gasteiger partial charge in [-0.2, -0.15) is 0 Å². The van der Waals surface area contributed by atoms with Crippen molar-refractivity contribution in [2.75, 3.05) is 13.7 Å². The molecule has 0 aromatic heterocycles. The molecule has 0 bridgehead atoms. The molecule has 0 aliphatic heterocycles. The maximum atomic E-state index is 9.56. The Morgan fingerprint density at radius 3 is 2.27 bits per heavy atom. The van der Waals surface area contributed by atoms with Gasteiger partial charge < -0.3 is 9.84 Å². The number of ether oxygens (including phenoxy) is 1. The molecule has 0 saturated carbocycles. The van der Waals surface area contributed by atoms with Crippen molar-refractivity contribution in [3.63, 3.8) is 0 Å². The standard InChI is InChI=1S/C9H20O2/c1-9(2,3)8(10)6-5-7-11-4/h8,10H,5-7H2,1-4H3. The Morgan fingerprint density at radius 2 is 1.91 bits per heavy atom. The lowest BCUT2D eigenvalue weighted by atomic mass is 9.87. The van der Waals surface area contributed by atoms with E-state index in [1.54, 1.807) is 7.11 Å². The first-order chi connectivity index (χ1) is 4.98. The van der Waals surface area contributed by atoms with Crippen LogP contribution in [-0.2, 0) is 4.74 Å². The van der Waals surface area contributed by atoms with Crippen molar-refractivity contribution < 1.29 is 9.84 Å². The first-order valence-corrected chi connectivity index (χ1v) is 4.15. The molecule has 2 nitrogen and oxygen atoms in total. The molecule has 0 aliphatic carbocycles. The molecule has 0 heterocycles. The first kappa shape index (κ1) is 10.9. The van der Waals surface area contributed by atoms with Gasteiger partial charge in [0.1, 0.15) is 0 Å². The molecule has 0 aliphatic rings. The van der Waals surface area contributed by atoms with Crippen molar-refractivity contribution in [2.45, 2.75) is 39.7 Å². The van der Waals surface area contributed by atoms with E-state index >= 15 is 0 Å². The highest BCUT2D eigenvalue weighted by molar-refractivity contribution is 4.71. The maximum absolute atomic E-state index is 9.56. The minimum Gasteiger partial charge on any atom is -0.393 e. The fourth-order valence-corrected chi connectivity index (χ4v) is 0.854. The van der Waals surface area contributed by atoms with E-state index in [4.69, 9.17) is 4.74 Å².